The molecule has 0 bridgehead atoms. The summed E-state index contributed by atoms with van der Waals surface area (Å²) in [7, 11) is 0. The lowest BCUT2D eigenvalue weighted by molar-refractivity contribution is 0.102. The van der Waals surface area contributed by atoms with Gasteiger partial charge in [-0.3, -0.25) is 4.79 Å². The minimum Gasteiger partial charge on any atom is -0.319 e. The Morgan fingerprint density at radius 2 is 1.95 bits per heavy atom. The molecule has 0 aliphatic carbocycles. The van der Waals surface area contributed by atoms with Gasteiger partial charge in [0.2, 0.25) is 0 Å². The normalized spacial score (nSPS) is 10.3. The monoisotopic (exact) mass is 286 g/mol. The van der Waals surface area contributed by atoms with Crippen LogP contribution in [-0.2, 0) is 0 Å². The number of pyridine rings is 1. The second-order valence-electron chi connectivity index (χ2n) is 3.54. The van der Waals surface area contributed by atoms with E-state index in [9.17, 15) is 18.0 Å². The summed E-state index contributed by atoms with van der Waals surface area (Å²) in [5.41, 5.74) is -0.651. The first-order valence-corrected chi connectivity index (χ1v) is 5.43. The number of aromatic nitrogens is 1. The van der Waals surface area contributed by atoms with Crippen molar-refractivity contribution in [1.29, 1.82) is 0 Å². The Morgan fingerprint density at radius 3 is 2.63 bits per heavy atom. The fraction of sp³-hybridized carbons (Fsp3) is 0. The van der Waals surface area contributed by atoms with E-state index in [4.69, 9.17) is 11.6 Å². The fourth-order valence-corrected chi connectivity index (χ4v) is 1.53. The van der Waals surface area contributed by atoms with E-state index in [1.807, 2.05) is 0 Å². The van der Waals surface area contributed by atoms with E-state index in [1.165, 1.54) is 0 Å². The molecule has 2 rings (SSSR count). The number of amides is 1. The molecule has 0 radical (unpaired) electrons. The van der Waals surface area contributed by atoms with Crippen LogP contribution in [0.4, 0.5) is 18.9 Å². The van der Waals surface area contributed by atoms with Gasteiger partial charge in [-0.15, -0.1) is 0 Å². The van der Waals surface area contributed by atoms with E-state index in [-0.39, 0.29) is 11.3 Å². The summed E-state index contributed by atoms with van der Waals surface area (Å²) in [5.74, 6) is -3.67. The van der Waals surface area contributed by atoms with E-state index in [0.717, 1.165) is 24.4 Å². The summed E-state index contributed by atoms with van der Waals surface area (Å²) in [6.45, 7) is 0. The maximum absolute atomic E-state index is 13.5. The van der Waals surface area contributed by atoms with E-state index in [0.29, 0.717) is 6.07 Å². The fourth-order valence-electron chi connectivity index (χ4n) is 1.37. The van der Waals surface area contributed by atoms with Crippen LogP contribution in [0.2, 0.25) is 5.15 Å². The lowest BCUT2D eigenvalue weighted by atomic mass is 10.2. The molecule has 1 N–H and O–H groups in total. The SMILES string of the molecule is O=C(Nc1ccc(F)cc1F)c1ccnc(Cl)c1F. The van der Waals surface area contributed by atoms with E-state index in [2.05, 4.69) is 10.3 Å². The van der Waals surface area contributed by atoms with Crippen molar-refractivity contribution in [2.24, 2.45) is 0 Å². The van der Waals surface area contributed by atoms with Crippen molar-refractivity contribution in [3.63, 3.8) is 0 Å². The number of carbonyl (C=O) groups is 1. The Labute approximate surface area is 111 Å². The van der Waals surface area contributed by atoms with Crippen LogP contribution < -0.4 is 5.32 Å². The molecule has 0 aliphatic rings. The molecule has 0 aliphatic heterocycles. The van der Waals surface area contributed by atoms with Crippen LogP contribution in [0.25, 0.3) is 0 Å². The Bertz CT molecular complexity index is 649. The highest BCUT2D eigenvalue weighted by molar-refractivity contribution is 6.30. The van der Waals surface area contributed by atoms with Gasteiger partial charge in [-0.25, -0.2) is 18.2 Å². The molecule has 3 nitrogen and oxygen atoms in total. The third-order valence-corrected chi connectivity index (χ3v) is 2.53. The van der Waals surface area contributed by atoms with E-state index >= 15 is 0 Å². The smallest absolute Gasteiger partial charge is 0.258 e. The van der Waals surface area contributed by atoms with Gasteiger partial charge < -0.3 is 5.32 Å². The van der Waals surface area contributed by atoms with Gasteiger partial charge in [-0.05, 0) is 18.2 Å². The second-order valence-corrected chi connectivity index (χ2v) is 3.90. The molecule has 0 spiro atoms. The van der Waals surface area contributed by atoms with Crippen molar-refractivity contribution in [3.05, 3.63) is 58.6 Å². The van der Waals surface area contributed by atoms with Crippen molar-refractivity contribution >= 4 is 23.2 Å². The molecular weight excluding hydrogens is 281 g/mol. The molecule has 0 saturated heterocycles. The average molecular weight is 287 g/mol. The molecule has 0 saturated carbocycles. The maximum Gasteiger partial charge on any atom is 0.258 e. The lowest BCUT2D eigenvalue weighted by Crippen LogP contribution is -2.15. The van der Waals surface area contributed by atoms with Crippen molar-refractivity contribution in [3.8, 4) is 0 Å². The largest absolute Gasteiger partial charge is 0.319 e. The lowest BCUT2D eigenvalue weighted by Gasteiger charge is -2.07. The molecule has 0 fully saturated rings. The summed E-state index contributed by atoms with van der Waals surface area (Å²) in [6.07, 6.45) is 1.14. The topological polar surface area (TPSA) is 42.0 Å². The number of anilines is 1. The molecule has 1 amide bonds. The molecule has 0 atom stereocenters. The van der Waals surface area contributed by atoms with Crippen LogP contribution in [0, 0.1) is 17.5 Å². The van der Waals surface area contributed by atoms with Gasteiger partial charge >= 0.3 is 0 Å². The van der Waals surface area contributed by atoms with Gasteiger partial charge in [0.25, 0.3) is 5.91 Å². The van der Waals surface area contributed by atoms with Gasteiger partial charge in [-0.1, -0.05) is 11.6 Å². The summed E-state index contributed by atoms with van der Waals surface area (Å²) in [4.78, 5) is 15.2. The first-order valence-electron chi connectivity index (χ1n) is 5.05. The van der Waals surface area contributed by atoms with Crippen LogP contribution in [-0.4, -0.2) is 10.9 Å². The van der Waals surface area contributed by atoms with Crippen LogP contribution in [0.3, 0.4) is 0 Å². The Morgan fingerprint density at radius 1 is 1.21 bits per heavy atom. The summed E-state index contributed by atoms with van der Waals surface area (Å²) in [5, 5.41) is 1.65. The minimum absolute atomic E-state index is 0.265. The van der Waals surface area contributed by atoms with Crippen molar-refractivity contribution in [1.82, 2.24) is 4.98 Å². The first kappa shape index (κ1) is 13.4. The average Bonchev–Trinajstić information content (AvgIpc) is 2.36. The Balaban J connectivity index is 2.28. The molecule has 19 heavy (non-hydrogen) atoms. The van der Waals surface area contributed by atoms with Crippen LogP contribution >= 0.6 is 11.6 Å². The zero-order chi connectivity index (χ0) is 14.0. The highest BCUT2D eigenvalue weighted by Gasteiger charge is 2.16. The van der Waals surface area contributed by atoms with Gasteiger partial charge in [-0.2, -0.15) is 0 Å². The molecule has 1 heterocycles. The van der Waals surface area contributed by atoms with Crippen LogP contribution in [0.5, 0.6) is 0 Å². The molecule has 98 valence electrons. The van der Waals surface area contributed by atoms with Crippen molar-refractivity contribution in [2.75, 3.05) is 5.32 Å². The van der Waals surface area contributed by atoms with Gasteiger partial charge in [0, 0.05) is 12.3 Å². The highest BCUT2D eigenvalue weighted by atomic mass is 35.5. The van der Waals surface area contributed by atoms with Gasteiger partial charge in [0.15, 0.2) is 11.0 Å². The maximum atomic E-state index is 13.5. The molecule has 1 aromatic heterocycles. The highest BCUT2D eigenvalue weighted by Crippen LogP contribution is 2.19. The van der Waals surface area contributed by atoms with Crippen molar-refractivity contribution in [2.45, 2.75) is 0 Å². The number of hydrogen-bond donors (Lipinski definition) is 1. The molecule has 1 aromatic carbocycles. The molecule has 7 heteroatoms. The number of benzene rings is 1. The standard InChI is InChI=1S/C12H6ClF3N2O/c13-11-10(16)7(3-4-17-11)12(19)18-9-2-1-6(14)5-8(9)15/h1-5H,(H,18,19). The number of nitrogens with zero attached hydrogens (tertiary/aromatic N) is 1. The van der Waals surface area contributed by atoms with Gasteiger partial charge in [0.1, 0.15) is 11.6 Å². The third kappa shape index (κ3) is 2.85. The summed E-state index contributed by atoms with van der Waals surface area (Å²) in [6, 6.07) is 3.70. The van der Waals surface area contributed by atoms with Gasteiger partial charge in [0.05, 0.1) is 11.3 Å². The second kappa shape index (κ2) is 5.27. The third-order valence-electron chi connectivity index (χ3n) is 2.27. The predicted octanol–water partition coefficient (Wildman–Crippen LogP) is 3.40. The quantitative estimate of drug-likeness (QED) is 0.860. The molecule has 2 aromatic rings. The van der Waals surface area contributed by atoms with Crippen molar-refractivity contribution < 1.29 is 18.0 Å². The predicted molar refractivity (Wildman–Crippen MR) is 63.5 cm³/mol. The van der Waals surface area contributed by atoms with E-state index in [1.54, 1.807) is 0 Å². The summed E-state index contributed by atoms with van der Waals surface area (Å²) >= 11 is 5.42. The van der Waals surface area contributed by atoms with E-state index < -0.39 is 28.5 Å². The number of rotatable bonds is 2. The number of halogens is 4. The summed E-state index contributed by atoms with van der Waals surface area (Å²) < 4.78 is 39.5. The zero-order valence-electron chi connectivity index (χ0n) is 9.25. The number of nitrogens with one attached hydrogen (secondary N) is 1. The van der Waals surface area contributed by atoms with Crippen LogP contribution in [0.1, 0.15) is 10.4 Å². The molecule has 0 unspecified atom stereocenters. The number of carbonyl (C=O) groups excluding carboxylic acids is 1. The Kier molecular flexibility index (Phi) is 3.71. The molecular formula is C12H6ClF3N2O. The number of hydrogen-bond acceptors (Lipinski definition) is 2. The Hall–Kier alpha value is -2.08. The van der Waals surface area contributed by atoms with Crippen LogP contribution in [0.15, 0.2) is 30.5 Å². The first-order chi connectivity index (χ1) is 8.99. The zero-order valence-corrected chi connectivity index (χ0v) is 10.0. The minimum atomic E-state index is -1.01.